The van der Waals surface area contributed by atoms with Crippen LogP contribution in [0.3, 0.4) is 0 Å². The first-order valence-electron chi connectivity index (χ1n) is 7.42. The molecular weight excluding hydrogens is 344 g/mol. The van der Waals surface area contributed by atoms with Crippen LogP contribution in [0, 0.1) is 13.8 Å². The zero-order valence-corrected chi connectivity index (χ0v) is 14.9. The van der Waals surface area contributed by atoms with Crippen molar-refractivity contribution in [2.24, 2.45) is 0 Å². The van der Waals surface area contributed by atoms with Crippen LogP contribution in [-0.4, -0.2) is 31.1 Å². The molecule has 4 heteroatoms. The van der Waals surface area contributed by atoms with Gasteiger partial charge in [-0.3, -0.25) is 4.90 Å². The molecule has 0 bridgehead atoms. The lowest BCUT2D eigenvalue weighted by Crippen LogP contribution is -2.45. The Hall–Kier alpha value is -0.680. The number of halogens is 1. The lowest BCUT2D eigenvalue weighted by atomic mass is 9.96. The Morgan fingerprint density at radius 3 is 2.57 bits per heavy atom. The Bertz CT molecular complexity index is 617. The van der Waals surface area contributed by atoms with Gasteiger partial charge in [-0.25, -0.2) is 0 Å². The molecule has 0 aliphatic carbocycles. The van der Waals surface area contributed by atoms with E-state index in [1.807, 2.05) is 11.3 Å². The van der Waals surface area contributed by atoms with Crippen LogP contribution in [0.1, 0.15) is 27.6 Å². The maximum absolute atomic E-state index is 3.62. The van der Waals surface area contributed by atoms with Gasteiger partial charge in [0.2, 0.25) is 0 Å². The van der Waals surface area contributed by atoms with Crippen molar-refractivity contribution in [3.63, 3.8) is 0 Å². The van der Waals surface area contributed by atoms with Crippen molar-refractivity contribution in [2.45, 2.75) is 19.9 Å². The van der Waals surface area contributed by atoms with Gasteiger partial charge in [0.05, 0.1) is 9.83 Å². The Balaban J connectivity index is 2.04. The van der Waals surface area contributed by atoms with Gasteiger partial charge in [-0.15, -0.1) is 11.3 Å². The molecule has 2 aromatic rings. The van der Waals surface area contributed by atoms with Gasteiger partial charge in [0.1, 0.15) is 0 Å². The normalized spacial score (nSPS) is 17.9. The summed E-state index contributed by atoms with van der Waals surface area (Å²) in [5.74, 6) is 0. The molecule has 0 radical (unpaired) electrons. The quantitative estimate of drug-likeness (QED) is 0.880. The molecule has 1 unspecified atom stereocenters. The largest absolute Gasteiger partial charge is 0.314 e. The second-order valence-corrected chi connectivity index (χ2v) is 8.19. The number of rotatable bonds is 3. The van der Waals surface area contributed by atoms with Gasteiger partial charge in [-0.2, -0.15) is 0 Å². The van der Waals surface area contributed by atoms with Crippen molar-refractivity contribution in [1.82, 2.24) is 10.2 Å². The van der Waals surface area contributed by atoms with E-state index in [2.05, 4.69) is 70.3 Å². The van der Waals surface area contributed by atoms with E-state index in [-0.39, 0.29) is 0 Å². The lowest BCUT2D eigenvalue weighted by molar-refractivity contribution is 0.200. The molecule has 1 aliphatic rings. The van der Waals surface area contributed by atoms with E-state index in [9.17, 15) is 0 Å². The fraction of sp³-hybridized carbons (Fsp3) is 0.412. The topological polar surface area (TPSA) is 15.3 Å². The van der Waals surface area contributed by atoms with E-state index in [4.69, 9.17) is 0 Å². The smallest absolute Gasteiger partial charge is 0.0702 e. The number of nitrogens with one attached hydrogen (secondary N) is 1. The van der Waals surface area contributed by atoms with Crippen LogP contribution in [0.15, 0.2) is 34.1 Å². The number of piperazine rings is 1. The van der Waals surface area contributed by atoms with Gasteiger partial charge in [0, 0.05) is 31.1 Å². The van der Waals surface area contributed by atoms with E-state index in [0.717, 1.165) is 26.2 Å². The number of benzene rings is 1. The van der Waals surface area contributed by atoms with Gasteiger partial charge in [-0.1, -0.05) is 23.8 Å². The lowest BCUT2D eigenvalue weighted by Gasteiger charge is -2.35. The third-order valence-electron chi connectivity index (χ3n) is 4.11. The van der Waals surface area contributed by atoms with E-state index < -0.39 is 0 Å². The fourth-order valence-electron chi connectivity index (χ4n) is 3.00. The number of aryl methyl sites for hydroxylation is 2. The minimum atomic E-state index is 0.378. The minimum absolute atomic E-state index is 0.378. The molecule has 2 nitrogen and oxygen atoms in total. The van der Waals surface area contributed by atoms with Crippen LogP contribution >= 0.6 is 27.3 Å². The molecule has 0 spiro atoms. The number of thiophene rings is 1. The highest BCUT2D eigenvalue weighted by molar-refractivity contribution is 9.11. The molecule has 21 heavy (non-hydrogen) atoms. The average molecular weight is 365 g/mol. The van der Waals surface area contributed by atoms with Crippen LogP contribution in [0.4, 0.5) is 0 Å². The number of nitrogens with zero attached hydrogens (tertiary/aromatic N) is 1. The molecule has 1 saturated heterocycles. The predicted octanol–water partition coefficient (Wildman–Crippen LogP) is 4.12. The average Bonchev–Trinajstić information content (AvgIpc) is 2.90. The third kappa shape index (κ3) is 3.39. The molecule has 1 aliphatic heterocycles. The summed E-state index contributed by atoms with van der Waals surface area (Å²) in [4.78, 5) is 4.04. The first-order valence-corrected chi connectivity index (χ1v) is 9.03. The molecule has 1 fully saturated rings. The highest BCUT2D eigenvalue weighted by atomic mass is 79.9. The van der Waals surface area contributed by atoms with Crippen molar-refractivity contribution in [1.29, 1.82) is 0 Å². The van der Waals surface area contributed by atoms with Gasteiger partial charge < -0.3 is 5.32 Å². The van der Waals surface area contributed by atoms with Crippen molar-refractivity contribution in [2.75, 3.05) is 26.2 Å². The summed E-state index contributed by atoms with van der Waals surface area (Å²) in [5.41, 5.74) is 4.17. The zero-order chi connectivity index (χ0) is 14.8. The highest BCUT2D eigenvalue weighted by Gasteiger charge is 2.26. The molecule has 1 aromatic heterocycles. The minimum Gasteiger partial charge on any atom is -0.314 e. The van der Waals surface area contributed by atoms with E-state index in [0.29, 0.717) is 6.04 Å². The molecule has 1 aromatic carbocycles. The maximum Gasteiger partial charge on any atom is 0.0702 e. The summed E-state index contributed by atoms with van der Waals surface area (Å²) >= 11 is 5.47. The summed E-state index contributed by atoms with van der Waals surface area (Å²) in [5, 5.41) is 3.46. The van der Waals surface area contributed by atoms with Gasteiger partial charge in [0.15, 0.2) is 0 Å². The number of hydrogen-bond donors (Lipinski definition) is 1. The number of hydrogen-bond acceptors (Lipinski definition) is 3. The van der Waals surface area contributed by atoms with Crippen molar-refractivity contribution >= 4 is 27.3 Å². The Labute approximate surface area is 139 Å². The second-order valence-electron chi connectivity index (χ2n) is 5.69. The monoisotopic (exact) mass is 364 g/mol. The summed E-state index contributed by atoms with van der Waals surface area (Å²) in [6.45, 7) is 8.78. The SMILES string of the molecule is Cc1ccc(C)c(C(c2ccc(Br)s2)N2CCNCC2)c1. The summed E-state index contributed by atoms with van der Waals surface area (Å²) < 4.78 is 1.21. The predicted molar refractivity (Wildman–Crippen MR) is 94.2 cm³/mol. The van der Waals surface area contributed by atoms with Crippen LogP contribution in [-0.2, 0) is 0 Å². The van der Waals surface area contributed by atoms with Crippen molar-refractivity contribution in [3.05, 3.63) is 55.7 Å². The van der Waals surface area contributed by atoms with Crippen LogP contribution in [0.25, 0.3) is 0 Å². The van der Waals surface area contributed by atoms with Crippen LogP contribution in [0.2, 0.25) is 0 Å². The zero-order valence-electron chi connectivity index (χ0n) is 12.5. The summed E-state index contributed by atoms with van der Waals surface area (Å²) in [6.07, 6.45) is 0. The van der Waals surface area contributed by atoms with Crippen LogP contribution in [0.5, 0.6) is 0 Å². The maximum atomic E-state index is 3.62. The third-order valence-corrected chi connectivity index (χ3v) is 5.79. The second kappa shape index (κ2) is 6.61. The van der Waals surface area contributed by atoms with E-state index in [1.165, 1.54) is 25.4 Å². The first kappa shape index (κ1) is 15.2. The molecule has 112 valence electrons. The molecule has 2 heterocycles. The Morgan fingerprint density at radius 2 is 1.90 bits per heavy atom. The molecule has 1 atom stereocenters. The van der Waals surface area contributed by atoms with E-state index >= 15 is 0 Å². The standard InChI is InChI=1S/C17H21BrN2S/c1-12-3-4-13(2)14(11-12)17(15-5-6-16(18)21-15)20-9-7-19-8-10-20/h3-6,11,17,19H,7-10H2,1-2H3. The van der Waals surface area contributed by atoms with Crippen molar-refractivity contribution in [3.8, 4) is 0 Å². The van der Waals surface area contributed by atoms with E-state index in [1.54, 1.807) is 0 Å². The molecular formula is C17H21BrN2S. The highest BCUT2D eigenvalue weighted by Crippen LogP contribution is 2.37. The van der Waals surface area contributed by atoms with Gasteiger partial charge in [-0.05, 0) is 53.0 Å². The molecule has 0 saturated carbocycles. The van der Waals surface area contributed by atoms with Gasteiger partial charge in [0.25, 0.3) is 0 Å². The molecule has 0 amide bonds. The Kier molecular flexibility index (Phi) is 4.79. The van der Waals surface area contributed by atoms with Gasteiger partial charge >= 0.3 is 0 Å². The molecule has 3 rings (SSSR count). The van der Waals surface area contributed by atoms with Crippen LogP contribution < -0.4 is 5.32 Å². The summed E-state index contributed by atoms with van der Waals surface area (Å²) in [6, 6.07) is 11.6. The van der Waals surface area contributed by atoms with Crippen molar-refractivity contribution < 1.29 is 0 Å². The first-order chi connectivity index (χ1) is 10.1. The molecule has 1 N–H and O–H groups in total. The Morgan fingerprint density at radius 1 is 1.14 bits per heavy atom. The summed E-state index contributed by atoms with van der Waals surface area (Å²) in [7, 11) is 0. The fourth-order valence-corrected chi connectivity index (χ4v) is 4.58.